The highest BCUT2D eigenvalue weighted by Crippen LogP contribution is 2.15. The summed E-state index contributed by atoms with van der Waals surface area (Å²) >= 11 is 0. The Balaban J connectivity index is 2.40. The molecule has 110 valence electrons. The van der Waals surface area contributed by atoms with Gasteiger partial charge in [0, 0.05) is 13.1 Å². The lowest BCUT2D eigenvalue weighted by Gasteiger charge is -2.17. The van der Waals surface area contributed by atoms with Gasteiger partial charge in [-0.25, -0.2) is 0 Å². The number of hydrogen-bond acceptors (Lipinski definition) is 4. The number of carbonyl (C=O) groups excluding carboxylic acids is 1. The van der Waals surface area contributed by atoms with Crippen LogP contribution in [0.3, 0.4) is 0 Å². The minimum atomic E-state index is -0.515. The first-order chi connectivity index (χ1) is 9.12. The molecule has 1 heterocycles. The molecule has 1 aliphatic heterocycles. The minimum absolute atomic E-state index is 0.000886. The molecule has 0 bridgehead atoms. The summed E-state index contributed by atoms with van der Waals surface area (Å²) < 4.78 is 0. The van der Waals surface area contributed by atoms with E-state index in [2.05, 4.69) is 22.3 Å². The normalized spacial score (nSPS) is 22.4. The molecule has 1 rings (SSSR count). The fourth-order valence-electron chi connectivity index (χ4n) is 2.51. The summed E-state index contributed by atoms with van der Waals surface area (Å²) in [5.41, 5.74) is 5.56. The molecule has 6 heteroatoms. The van der Waals surface area contributed by atoms with Gasteiger partial charge in [0.1, 0.15) is 0 Å². The maximum absolute atomic E-state index is 12.0. The van der Waals surface area contributed by atoms with E-state index in [1.165, 1.54) is 0 Å². The van der Waals surface area contributed by atoms with E-state index in [9.17, 15) is 4.79 Å². The molecule has 0 radical (unpaired) electrons. The number of rotatable bonds is 7. The molecular weight excluding hydrogens is 244 g/mol. The maximum Gasteiger partial charge on any atom is 0.230 e. The second-order valence-electron chi connectivity index (χ2n) is 5.16. The number of oxime groups is 1. The van der Waals surface area contributed by atoms with E-state index in [1.807, 2.05) is 6.92 Å². The molecule has 0 aromatic carbocycles. The summed E-state index contributed by atoms with van der Waals surface area (Å²) in [4.78, 5) is 14.4. The monoisotopic (exact) mass is 270 g/mol. The number of likely N-dealkylation sites (tertiary alicyclic amines) is 1. The van der Waals surface area contributed by atoms with Crippen LogP contribution in [0.25, 0.3) is 0 Å². The van der Waals surface area contributed by atoms with Crippen LogP contribution >= 0.6 is 0 Å². The van der Waals surface area contributed by atoms with Crippen molar-refractivity contribution >= 4 is 11.7 Å². The summed E-state index contributed by atoms with van der Waals surface area (Å²) in [6.07, 6.45) is 2.55. The number of nitrogens with zero attached hydrogens (tertiary/aromatic N) is 2. The molecule has 2 atom stereocenters. The molecule has 1 aliphatic rings. The summed E-state index contributed by atoms with van der Waals surface area (Å²) in [5.74, 6) is -0.134. The van der Waals surface area contributed by atoms with Gasteiger partial charge < -0.3 is 21.2 Å². The van der Waals surface area contributed by atoms with E-state index in [1.54, 1.807) is 0 Å². The maximum atomic E-state index is 12.0. The van der Waals surface area contributed by atoms with Crippen LogP contribution in [-0.2, 0) is 4.79 Å². The Bertz CT molecular complexity index is 320. The zero-order valence-corrected chi connectivity index (χ0v) is 11.9. The van der Waals surface area contributed by atoms with Crippen molar-refractivity contribution in [3.8, 4) is 0 Å². The molecule has 1 amide bonds. The summed E-state index contributed by atoms with van der Waals surface area (Å²) in [5, 5.41) is 14.6. The summed E-state index contributed by atoms with van der Waals surface area (Å²) in [7, 11) is 0. The van der Waals surface area contributed by atoms with Gasteiger partial charge in [-0.1, -0.05) is 25.4 Å². The number of nitrogens with two attached hydrogens (primary N) is 1. The third-order valence-electron chi connectivity index (χ3n) is 3.75. The summed E-state index contributed by atoms with van der Waals surface area (Å²) in [6, 6.07) is 0. The Morgan fingerprint density at radius 3 is 2.84 bits per heavy atom. The number of nitrogens with one attached hydrogen (secondary N) is 1. The average Bonchev–Trinajstić information content (AvgIpc) is 2.89. The molecule has 0 aliphatic carbocycles. The van der Waals surface area contributed by atoms with E-state index in [0.717, 1.165) is 32.5 Å². The minimum Gasteiger partial charge on any atom is -0.409 e. The van der Waals surface area contributed by atoms with Crippen LogP contribution in [0.5, 0.6) is 0 Å². The zero-order valence-electron chi connectivity index (χ0n) is 11.9. The quantitative estimate of drug-likeness (QED) is 0.273. The van der Waals surface area contributed by atoms with Gasteiger partial charge in [-0.05, 0) is 31.8 Å². The molecule has 1 fully saturated rings. The fourth-order valence-corrected chi connectivity index (χ4v) is 2.51. The Morgan fingerprint density at radius 2 is 2.32 bits per heavy atom. The Labute approximate surface area is 115 Å². The van der Waals surface area contributed by atoms with Gasteiger partial charge in [0.15, 0.2) is 5.84 Å². The van der Waals surface area contributed by atoms with Crippen LogP contribution in [0.2, 0.25) is 0 Å². The average molecular weight is 270 g/mol. The lowest BCUT2D eigenvalue weighted by atomic mass is 10.0. The molecule has 4 N–H and O–H groups in total. The third-order valence-corrected chi connectivity index (χ3v) is 3.75. The van der Waals surface area contributed by atoms with Gasteiger partial charge in [0.2, 0.25) is 5.91 Å². The van der Waals surface area contributed by atoms with Gasteiger partial charge in [-0.15, -0.1) is 0 Å². The standard InChI is InChI=1S/C13H26N4O2/c1-3-5-11(12(14)16-19)13(18)15-8-10-6-7-17(4-2)9-10/h10-11,19H,3-9H2,1-2H3,(H2,14,16)(H,15,18). The molecule has 0 aromatic rings. The van der Waals surface area contributed by atoms with Crippen molar-refractivity contribution in [3.05, 3.63) is 0 Å². The fraction of sp³-hybridized carbons (Fsp3) is 0.846. The highest BCUT2D eigenvalue weighted by molar-refractivity contribution is 6.02. The summed E-state index contributed by atoms with van der Waals surface area (Å²) in [6.45, 7) is 8.01. The van der Waals surface area contributed by atoms with Crippen molar-refractivity contribution in [1.82, 2.24) is 10.2 Å². The molecule has 2 unspecified atom stereocenters. The largest absolute Gasteiger partial charge is 0.409 e. The lowest BCUT2D eigenvalue weighted by Crippen LogP contribution is -2.41. The highest BCUT2D eigenvalue weighted by Gasteiger charge is 2.25. The predicted octanol–water partition coefficient (Wildman–Crippen LogP) is 0.607. The second-order valence-corrected chi connectivity index (χ2v) is 5.16. The predicted molar refractivity (Wildman–Crippen MR) is 75.0 cm³/mol. The lowest BCUT2D eigenvalue weighted by molar-refractivity contribution is -0.123. The molecule has 6 nitrogen and oxygen atoms in total. The Hall–Kier alpha value is -1.30. The van der Waals surface area contributed by atoms with Crippen molar-refractivity contribution in [3.63, 3.8) is 0 Å². The zero-order chi connectivity index (χ0) is 14.3. The van der Waals surface area contributed by atoms with Crippen LogP contribution in [0.15, 0.2) is 5.16 Å². The van der Waals surface area contributed by atoms with Crippen LogP contribution < -0.4 is 11.1 Å². The SMILES string of the molecule is CCCC(C(=O)NCC1CCN(CC)C1)C(N)=NO. The first-order valence-electron chi connectivity index (χ1n) is 7.09. The number of amidine groups is 1. The molecule has 0 aromatic heterocycles. The van der Waals surface area contributed by atoms with Crippen molar-refractivity contribution < 1.29 is 10.0 Å². The van der Waals surface area contributed by atoms with Crippen LogP contribution in [0, 0.1) is 11.8 Å². The van der Waals surface area contributed by atoms with Gasteiger partial charge in [-0.2, -0.15) is 0 Å². The molecule has 0 saturated carbocycles. The second kappa shape index (κ2) is 7.99. The topological polar surface area (TPSA) is 91.0 Å². The van der Waals surface area contributed by atoms with Crippen LogP contribution in [0.4, 0.5) is 0 Å². The Morgan fingerprint density at radius 1 is 1.58 bits per heavy atom. The first kappa shape index (κ1) is 15.8. The van der Waals surface area contributed by atoms with Crippen molar-refractivity contribution in [2.45, 2.75) is 33.1 Å². The number of hydrogen-bond donors (Lipinski definition) is 3. The van der Waals surface area contributed by atoms with Gasteiger partial charge in [0.25, 0.3) is 0 Å². The number of amides is 1. The smallest absolute Gasteiger partial charge is 0.230 e. The molecule has 0 spiro atoms. The van der Waals surface area contributed by atoms with Gasteiger partial charge in [-0.3, -0.25) is 4.79 Å². The van der Waals surface area contributed by atoms with E-state index < -0.39 is 5.92 Å². The van der Waals surface area contributed by atoms with Crippen molar-refractivity contribution in [2.24, 2.45) is 22.7 Å². The van der Waals surface area contributed by atoms with Crippen LogP contribution in [-0.4, -0.2) is 48.0 Å². The molecule has 1 saturated heterocycles. The van der Waals surface area contributed by atoms with Crippen molar-refractivity contribution in [1.29, 1.82) is 0 Å². The third kappa shape index (κ3) is 4.70. The van der Waals surface area contributed by atoms with E-state index in [0.29, 0.717) is 18.9 Å². The van der Waals surface area contributed by atoms with E-state index in [-0.39, 0.29) is 11.7 Å². The first-order valence-corrected chi connectivity index (χ1v) is 7.09. The molecule has 19 heavy (non-hydrogen) atoms. The van der Waals surface area contributed by atoms with Gasteiger partial charge in [0.05, 0.1) is 5.92 Å². The van der Waals surface area contributed by atoms with Gasteiger partial charge >= 0.3 is 0 Å². The van der Waals surface area contributed by atoms with E-state index >= 15 is 0 Å². The Kier molecular flexibility index (Phi) is 6.62. The van der Waals surface area contributed by atoms with Crippen molar-refractivity contribution in [2.75, 3.05) is 26.2 Å². The number of carbonyl (C=O) groups is 1. The van der Waals surface area contributed by atoms with E-state index in [4.69, 9.17) is 10.9 Å². The van der Waals surface area contributed by atoms with Crippen LogP contribution in [0.1, 0.15) is 33.1 Å². The highest BCUT2D eigenvalue weighted by atomic mass is 16.4. The molecular formula is C13H26N4O2.